The maximum Gasteiger partial charge on any atom is 0.166 e. The minimum atomic E-state index is 0.538. The topological polar surface area (TPSA) is 21.7 Å². The van der Waals surface area contributed by atoms with E-state index >= 15 is 0 Å². The minimum Gasteiger partial charge on any atom is -0.378 e. The molecule has 2 aromatic rings. The minimum absolute atomic E-state index is 0.538. The first-order valence-corrected chi connectivity index (χ1v) is 9.23. The third-order valence-electron chi connectivity index (χ3n) is 3.34. The molecule has 0 saturated carbocycles. The second-order valence-corrected chi connectivity index (χ2v) is 7.83. The zero-order valence-electron chi connectivity index (χ0n) is 13.1. The summed E-state index contributed by atoms with van der Waals surface area (Å²) in [5.74, 6) is 1.86. The summed E-state index contributed by atoms with van der Waals surface area (Å²) in [6.07, 6.45) is 4.19. The summed E-state index contributed by atoms with van der Waals surface area (Å²) in [5.41, 5.74) is 3.50. The zero-order valence-corrected chi connectivity index (χ0v) is 14.8. The van der Waals surface area contributed by atoms with Crippen LogP contribution in [-0.2, 0) is 4.33 Å². The number of nitrogens with zero attached hydrogens (tertiary/aromatic N) is 1. The SMILES string of the molecule is CN(C)c1ccc(/C=C/c2ccc(OOSC3CS3)cc2)cc1. The molecule has 0 N–H and O–H groups in total. The highest BCUT2D eigenvalue weighted by Crippen LogP contribution is 2.40. The van der Waals surface area contributed by atoms with Gasteiger partial charge in [-0.15, -0.1) is 16.1 Å². The molecule has 0 aliphatic carbocycles. The summed E-state index contributed by atoms with van der Waals surface area (Å²) in [7, 11) is 4.08. The largest absolute Gasteiger partial charge is 0.378 e. The molecule has 0 bridgehead atoms. The third kappa shape index (κ3) is 5.23. The molecule has 0 radical (unpaired) electrons. The number of anilines is 1. The van der Waals surface area contributed by atoms with Crippen molar-refractivity contribution in [2.24, 2.45) is 0 Å². The highest BCUT2D eigenvalue weighted by molar-refractivity contribution is 8.21. The number of thioether (sulfide) groups is 1. The van der Waals surface area contributed by atoms with Crippen LogP contribution < -0.4 is 9.79 Å². The Bertz CT molecular complexity index is 650. The van der Waals surface area contributed by atoms with Gasteiger partial charge in [0.25, 0.3) is 0 Å². The summed E-state index contributed by atoms with van der Waals surface area (Å²) in [4.78, 5) is 7.32. The van der Waals surface area contributed by atoms with Gasteiger partial charge in [-0.05, 0) is 35.4 Å². The van der Waals surface area contributed by atoms with Crippen molar-refractivity contribution in [3.63, 3.8) is 0 Å². The fourth-order valence-corrected chi connectivity index (χ4v) is 2.97. The molecule has 0 amide bonds. The fraction of sp³-hybridized carbons (Fsp3) is 0.222. The van der Waals surface area contributed by atoms with Gasteiger partial charge in [-0.25, -0.2) is 0 Å². The van der Waals surface area contributed by atoms with Crippen molar-refractivity contribution >= 4 is 41.6 Å². The standard InChI is InChI=1S/C18H19NO2S2/c1-19(2)16-9-5-14(6-10-16)3-4-15-7-11-17(12-8-15)20-21-23-18-13-22-18/h3-12,18H,13H2,1-2H3/b4-3+. The van der Waals surface area contributed by atoms with E-state index in [1.54, 1.807) is 0 Å². The quantitative estimate of drug-likeness (QED) is 0.232. The second kappa shape index (κ2) is 7.81. The van der Waals surface area contributed by atoms with E-state index in [0.29, 0.717) is 4.58 Å². The van der Waals surface area contributed by atoms with E-state index in [4.69, 9.17) is 9.22 Å². The molecule has 1 fully saturated rings. The monoisotopic (exact) mass is 345 g/mol. The van der Waals surface area contributed by atoms with Crippen LogP contribution in [0.15, 0.2) is 48.5 Å². The highest BCUT2D eigenvalue weighted by atomic mass is 32.2. The molecule has 3 rings (SSSR count). The Morgan fingerprint density at radius 3 is 2.09 bits per heavy atom. The van der Waals surface area contributed by atoms with E-state index in [1.807, 2.05) is 50.1 Å². The zero-order chi connectivity index (χ0) is 16.1. The normalized spacial score (nSPS) is 16.5. The van der Waals surface area contributed by atoms with E-state index in [1.165, 1.54) is 23.3 Å². The van der Waals surface area contributed by atoms with E-state index < -0.39 is 0 Å². The molecular formula is C18H19NO2S2. The summed E-state index contributed by atoms with van der Waals surface area (Å²) in [5, 5.41) is 0. The number of benzene rings is 2. The van der Waals surface area contributed by atoms with Crippen LogP contribution in [-0.4, -0.2) is 24.4 Å². The van der Waals surface area contributed by atoms with Crippen LogP contribution in [0.5, 0.6) is 5.75 Å². The summed E-state index contributed by atoms with van der Waals surface area (Å²) in [6.45, 7) is 0. The first kappa shape index (κ1) is 16.3. The molecular weight excluding hydrogens is 326 g/mol. The van der Waals surface area contributed by atoms with E-state index in [9.17, 15) is 0 Å². The van der Waals surface area contributed by atoms with Crippen molar-refractivity contribution in [3.05, 3.63) is 59.7 Å². The molecule has 3 nitrogen and oxygen atoms in total. The van der Waals surface area contributed by atoms with Gasteiger partial charge < -0.3 is 9.79 Å². The van der Waals surface area contributed by atoms with Crippen LogP contribution in [0.2, 0.25) is 0 Å². The van der Waals surface area contributed by atoms with E-state index in [-0.39, 0.29) is 0 Å². The maximum absolute atomic E-state index is 5.23. The van der Waals surface area contributed by atoms with Gasteiger partial charge in [-0.3, -0.25) is 0 Å². The molecule has 120 valence electrons. The molecule has 1 unspecified atom stereocenters. The van der Waals surface area contributed by atoms with Gasteiger partial charge in [-0.1, -0.05) is 36.4 Å². The van der Waals surface area contributed by atoms with Gasteiger partial charge in [0.2, 0.25) is 0 Å². The molecule has 1 saturated heterocycles. The first-order chi connectivity index (χ1) is 11.2. The second-order valence-electron chi connectivity index (χ2n) is 5.40. The van der Waals surface area contributed by atoms with Gasteiger partial charge in [0.05, 0.1) is 16.6 Å². The Morgan fingerprint density at radius 1 is 1.00 bits per heavy atom. The Balaban J connectivity index is 1.54. The lowest BCUT2D eigenvalue weighted by Crippen LogP contribution is -2.07. The smallest absolute Gasteiger partial charge is 0.166 e. The first-order valence-electron chi connectivity index (χ1n) is 7.38. The van der Waals surface area contributed by atoms with Crippen molar-refractivity contribution in [2.45, 2.75) is 4.58 Å². The molecule has 0 spiro atoms. The third-order valence-corrected chi connectivity index (χ3v) is 5.36. The van der Waals surface area contributed by atoms with Crippen molar-refractivity contribution < 1.29 is 9.22 Å². The number of hydrogen-bond donors (Lipinski definition) is 0. The van der Waals surface area contributed by atoms with Crippen LogP contribution in [0.4, 0.5) is 5.69 Å². The Kier molecular flexibility index (Phi) is 5.54. The number of rotatable bonds is 7. The summed E-state index contributed by atoms with van der Waals surface area (Å²) < 4.78 is 5.66. The van der Waals surface area contributed by atoms with Crippen LogP contribution >= 0.6 is 23.8 Å². The Morgan fingerprint density at radius 2 is 1.57 bits per heavy atom. The van der Waals surface area contributed by atoms with Gasteiger partial charge in [0.1, 0.15) is 0 Å². The fourth-order valence-electron chi connectivity index (χ4n) is 1.91. The van der Waals surface area contributed by atoms with Gasteiger partial charge >= 0.3 is 0 Å². The van der Waals surface area contributed by atoms with Crippen molar-refractivity contribution in [1.82, 2.24) is 0 Å². The van der Waals surface area contributed by atoms with Gasteiger partial charge in [0.15, 0.2) is 5.75 Å². The van der Waals surface area contributed by atoms with Crippen LogP contribution in [0.1, 0.15) is 11.1 Å². The average molecular weight is 345 g/mol. The molecule has 2 aromatic carbocycles. The predicted octanol–water partition coefficient (Wildman–Crippen LogP) is 4.95. The lowest BCUT2D eigenvalue weighted by molar-refractivity contribution is -0.0776. The lowest BCUT2D eigenvalue weighted by Gasteiger charge is -2.11. The summed E-state index contributed by atoms with van der Waals surface area (Å²) in [6, 6.07) is 16.3. The van der Waals surface area contributed by atoms with Crippen molar-refractivity contribution in [1.29, 1.82) is 0 Å². The molecule has 1 atom stereocenters. The van der Waals surface area contributed by atoms with Gasteiger partial charge in [-0.2, -0.15) is 0 Å². The molecule has 23 heavy (non-hydrogen) atoms. The van der Waals surface area contributed by atoms with Crippen LogP contribution in [0.3, 0.4) is 0 Å². The highest BCUT2D eigenvalue weighted by Gasteiger charge is 2.24. The van der Waals surface area contributed by atoms with Crippen LogP contribution in [0.25, 0.3) is 12.2 Å². The van der Waals surface area contributed by atoms with Crippen LogP contribution in [0, 0.1) is 0 Å². The van der Waals surface area contributed by atoms with Crippen molar-refractivity contribution in [3.8, 4) is 5.75 Å². The number of hydrogen-bond acceptors (Lipinski definition) is 5. The molecule has 1 aliphatic rings. The molecule has 1 aliphatic heterocycles. The lowest BCUT2D eigenvalue weighted by atomic mass is 10.1. The van der Waals surface area contributed by atoms with Crippen molar-refractivity contribution in [2.75, 3.05) is 24.7 Å². The Labute approximate surface area is 145 Å². The predicted molar refractivity (Wildman–Crippen MR) is 102 cm³/mol. The van der Waals surface area contributed by atoms with E-state index in [0.717, 1.165) is 17.1 Å². The Hall–Kier alpha value is -1.56. The van der Waals surface area contributed by atoms with E-state index in [2.05, 4.69) is 41.3 Å². The molecule has 1 heterocycles. The maximum atomic E-state index is 5.23. The van der Waals surface area contributed by atoms with Gasteiger partial charge in [0, 0.05) is 25.5 Å². The molecule has 5 heteroatoms. The summed E-state index contributed by atoms with van der Waals surface area (Å²) >= 11 is 3.23. The molecule has 0 aromatic heterocycles. The average Bonchev–Trinajstić information content (AvgIpc) is 3.39.